The van der Waals surface area contributed by atoms with Crippen molar-refractivity contribution in [1.82, 2.24) is 29.2 Å². The fourth-order valence-corrected chi connectivity index (χ4v) is 5.93. The number of anilines is 1. The lowest BCUT2D eigenvalue weighted by atomic mass is 10.0. The Balaban J connectivity index is 0.000000154. The number of halogens is 1. The number of aromatic nitrogens is 6. The molecule has 0 amide bonds. The van der Waals surface area contributed by atoms with E-state index in [-0.39, 0.29) is 13.2 Å². The van der Waals surface area contributed by atoms with Gasteiger partial charge in [-0.1, -0.05) is 96.5 Å². The summed E-state index contributed by atoms with van der Waals surface area (Å²) in [7, 11) is 0. The van der Waals surface area contributed by atoms with Crippen molar-refractivity contribution in [3.63, 3.8) is 0 Å². The number of nitrogens with two attached hydrogens (primary N) is 1. The Kier molecular flexibility index (Phi) is 12.2. The molecule has 0 aliphatic heterocycles. The van der Waals surface area contributed by atoms with Gasteiger partial charge in [0.25, 0.3) is 0 Å². The minimum atomic E-state index is 0.223. The number of hydrogen-bond donors (Lipinski definition) is 4. The van der Waals surface area contributed by atoms with Gasteiger partial charge in [0.2, 0.25) is 0 Å². The second-order valence-electron chi connectivity index (χ2n) is 11.8. The van der Waals surface area contributed by atoms with Crippen LogP contribution in [0.1, 0.15) is 25.7 Å². The third kappa shape index (κ3) is 8.50. The van der Waals surface area contributed by atoms with Gasteiger partial charge in [-0.05, 0) is 78.0 Å². The van der Waals surface area contributed by atoms with E-state index in [4.69, 9.17) is 32.6 Å². The lowest BCUT2D eigenvalue weighted by molar-refractivity contribution is 0.285. The standard InChI is InChI=1S/C20H20N4O.C16H10ClN3.C4H11NO/c25-13-4-3-12-21-19-10-11-20-22-14-18(24(20)23-19)17-9-5-7-15-6-1-2-8-16(15)17;17-15-8-9-16-18-10-14(20(16)19-15)13-7-3-5-11-4-1-2-6-12(11)13;5-3-1-2-4-6/h1-2,5-11,14,25H,3-4,12-13H2,(H,21,23);1-10H;6H,1-5H2. The van der Waals surface area contributed by atoms with Crippen molar-refractivity contribution in [1.29, 1.82) is 0 Å². The van der Waals surface area contributed by atoms with Crippen LogP contribution in [-0.2, 0) is 0 Å². The smallest absolute Gasteiger partial charge is 0.154 e. The molecule has 11 heteroatoms. The van der Waals surface area contributed by atoms with E-state index in [9.17, 15) is 0 Å². The van der Waals surface area contributed by atoms with Crippen LogP contribution < -0.4 is 11.1 Å². The molecule has 4 heterocycles. The number of rotatable bonds is 10. The number of hydrogen-bond acceptors (Lipinski definition) is 8. The molecule has 0 saturated carbocycles. The molecule has 0 radical (unpaired) electrons. The Bertz CT molecular complexity index is 2320. The number of aliphatic hydroxyl groups excluding tert-OH is 2. The van der Waals surface area contributed by atoms with Crippen LogP contribution in [0.4, 0.5) is 5.82 Å². The molecule has 4 aromatic carbocycles. The molecule has 51 heavy (non-hydrogen) atoms. The molecule has 8 aromatic rings. The highest BCUT2D eigenvalue weighted by Gasteiger charge is 2.12. The second-order valence-corrected chi connectivity index (χ2v) is 12.2. The van der Waals surface area contributed by atoms with Gasteiger partial charge in [0.1, 0.15) is 11.0 Å². The van der Waals surface area contributed by atoms with E-state index in [2.05, 4.69) is 81.0 Å². The average molecular weight is 701 g/mol. The zero-order chi connectivity index (χ0) is 35.4. The van der Waals surface area contributed by atoms with Gasteiger partial charge in [-0.15, -0.1) is 5.10 Å². The molecule has 0 spiro atoms. The van der Waals surface area contributed by atoms with E-state index in [0.29, 0.717) is 11.7 Å². The van der Waals surface area contributed by atoms with E-state index in [1.807, 2.05) is 59.4 Å². The van der Waals surface area contributed by atoms with Gasteiger partial charge in [0, 0.05) is 30.9 Å². The number of unbranched alkanes of at least 4 members (excludes halogenated alkanes) is 2. The lowest BCUT2D eigenvalue weighted by Crippen LogP contribution is -2.06. The van der Waals surface area contributed by atoms with Crippen LogP contribution in [0.25, 0.3) is 55.4 Å². The molecular weight excluding hydrogens is 660 g/mol. The van der Waals surface area contributed by atoms with Crippen molar-refractivity contribution in [3.05, 3.63) is 127 Å². The quantitative estimate of drug-likeness (QED) is 0.107. The maximum atomic E-state index is 8.87. The van der Waals surface area contributed by atoms with Crippen molar-refractivity contribution in [2.24, 2.45) is 5.73 Å². The molecule has 0 bridgehead atoms. The van der Waals surface area contributed by atoms with Crippen molar-refractivity contribution in [2.75, 3.05) is 31.6 Å². The number of fused-ring (bicyclic) bond motifs is 4. The van der Waals surface area contributed by atoms with E-state index in [1.165, 1.54) is 21.5 Å². The predicted octanol–water partition coefficient (Wildman–Crippen LogP) is 7.65. The molecule has 0 unspecified atom stereocenters. The first-order valence-electron chi connectivity index (χ1n) is 17.1. The summed E-state index contributed by atoms with van der Waals surface area (Å²) in [6, 6.07) is 36.6. The molecule has 0 fully saturated rings. The third-order valence-electron chi connectivity index (χ3n) is 8.33. The van der Waals surface area contributed by atoms with Crippen LogP contribution in [0.15, 0.2) is 122 Å². The van der Waals surface area contributed by atoms with Crippen LogP contribution in [0, 0.1) is 0 Å². The zero-order valence-corrected chi connectivity index (χ0v) is 29.0. The summed E-state index contributed by atoms with van der Waals surface area (Å²) in [5, 5.41) is 34.6. The summed E-state index contributed by atoms with van der Waals surface area (Å²) in [6.07, 6.45) is 7.20. The number of imidazole rings is 2. The Morgan fingerprint density at radius 2 is 1.12 bits per heavy atom. The van der Waals surface area contributed by atoms with Crippen molar-refractivity contribution < 1.29 is 10.2 Å². The molecule has 8 rings (SSSR count). The first kappa shape index (κ1) is 35.4. The van der Waals surface area contributed by atoms with E-state index >= 15 is 0 Å². The minimum absolute atomic E-state index is 0.223. The first-order valence-corrected chi connectivity index (χ1v) is 17.5. The highest BCUT2D eigenvalue weighted by molar-refractivity contribution is 6.29. The summed E-state index contributed by atoms with van der Waals surface area (Å²) in [6.45, 7) is 1.98. The Hall–Kier alpha value is -5.39. The lowest BCUT2D eigenvalue weighted by Gasteiger charge is -2.08. The van der Waals surface area contributed by atoms with Crippen molar-refractivity contribution in [3.8, 4) is 22.5 Å². The van der Waals surface area contributed by atoms with Crippen LogP contribution in [-0.4, -0.2) is 65.7 Å². The normalized spacial score (nSPS) is 11.0. The van der Waals surface area contributed by atoms with Gasteiger partial charge in [0.05, 0.1) is 23.8 Å². The summed E-state index contributed by atoms with van der Waals surface area (Å²) in [5.74, 6) is 0.810. The Morgan fingerprint density at radius 3 is 1.69 bits per heavy atom. The number of aliphatic hydroxyl groups is 2. The van der Waals surface area contributed by atoms with Crippen LogP contribution >= 0.6 is 11.6 Å². The van der Waals surface area contributed by atoms with E-state index in [1.54, 1.807) is 10.6 Å². The number of nitrogens with zero attached hydrogens (tertiary/aromatic N) is 6. The molecule has 260 valence electrons. The van der Waals surface area contributed by atoms with Gasteiger partial charge >= 0.3 is 0 Å². The fourth-order valence-electron chi connectivity index (χ4n) is 5.79. The number of benzene rings is 4. The van der Waals surface area contributed by atoms with Crippen LogP contribution in [0.3, 0.4) is 0 Å². The van der Waals surface area contributed by atoms with E-state index in [0.717, 1.165) is 71.9 Å². The van der Waals surface area contributed by atoms with Crippen molar-refractivity contribution >= 4 is 50.3 Å². The highest BCUT2D eigenvalue weighted by atomic mass is 35.5. The SMILES string of the molecule is Clc1ccc2ncc(-c3cccc4ccccc34)n2n1.NCCCCO.OCCCCNc1ccc2ncc(-c3cccc4ccccc34)n2n1. The van der Waals surface area contributed by atoms with E-state index < -0.39 is 0 Å². The average Bonchev–Trinajstić information content (AvgIpc) is 3.79. The molecule has 0 saturated heterocycles. The molecule has 0 aliphatic carbocycles. The zero-order valence-electron chi connectivity index (χ0n) is 28.2. The van der Waals surface area contributed by atoms with Gasteiger partial charge in [0.15, 0.2) is 11.3 Å². The third-order valence-corrected chi connectivity index (χ3v) is 8.53. The summed E-state index contributed by atoms with van der Waals surface area (Å²) in [4.78, 5) is 8.88. The second kappa shape index (κ2) is 17.5. The monoisotopic (exact) mass is 700 g/mol. The topological polar surface area (TPSA) is 139 Å². The van der Waals surface area contributed by atoms with Gasteiger partial charge < -0.3 is 21.3 Å². The van der Waals surface area contributed by atoms with Crippen molar-refractivity contribution in [2.45, 2.75) is 25.7 Å². The summed E-state index contributed by atoms with van der Waals surface area (Å²) in [5.41, 5.74) is 10.9. The molecule has 0 atom stereocenters. The first-order chi connectivity index (χ1) is 25.1. The minimum Gasteiger partial charge on any atom is -0.396 e. The summed E-state index contributed by atoms with van der Waals surface area (Å²) < 4.78 is 3.67. The number of nitrogens with one attached hydrogen (secondary N) is 1. The Labute approximate surface area is 301 Å². The molecule has 5 N–H and O–H groups in total. The largest absolute Gasteiger partial charge is 0.396 e. The maximum Gasteiger partial charge on any atom is 0.154 e. The van der Waals surface area contributed by atoms with Crippen LogP contribution in [0.2, 0.25) is 5.15 Å². The molecule has 0 aliphatic rings. The van der Waals surface area contributed by atoms with Gasteiger partial charge in [-0.3, -0.25) is 0 Å². The maximum absolute atomic E-state index is 8.87. The fraction of sp³-hybridized carbons (Fsp3) is 0.200. The molecule has 10 nitrogen and oxygen atoms in total. The predicted molar refractivity (Wildman–Crippen MR) is 207 cm³/mol. The molecule has 4 aromatic heterocycles. The highest BCUT2D eigenvalue weighted by Crippen LogP contribution is 2.30. The van der Waals surface area contributed by atoms with Crippen LogP contribution in [0.5, 0.6) is 0 Å². The molecular formula is C40H41ClN8O2. The Morgan fingerprint density at radius 1 is 0.588 bits per heavy atom. The van der Waals surface area contributed by atoms with Gasteiger partial charge in [-0.2, -0.15) is 5.10 Å². The summed E-state index contributed by atoms with van der Waals surface area (Å²) >= 11 is 5.99. The van der Waals surface area contributed by atoms with Gasteiger partial charge in [-0.25, -0.2) is 19.0 Å².